The van der Waals surface area contributed by atoms with Crippen molar-refractivity contribution in [2.75, 3.05) is 5.32 Å². The van der Waals surface area contributed by atoms with Gasteiger partial charge in [-0.1, -0.05) is 54.1 Å². The van der Waals surface area contributed by atoms with Gasteiger partial charge in [-0.05, 0) is 43.4 Å². The summed E-state index contributed by atoms with van der Waals surface area (Å²) in [6.07, 6.45) is -1.25. The van der Waals surface area contributed by atoms with E-state index in [2.05, 4.69) is 5.32 Å². The quantitative estimate of drug-likeness (QED) is 0.229. The minimum atomic E-state index is -1.25. The number of nitrogens with zero attached hydrogens (tertiary/aromatic N) is 2. The van der Waals surface area contributed by atoms with Crippen molar-refractivity contribution < 1.29 is 19.2 Å². The summed E-state index contributed by atoms with van der Waals surface area (Å²) in [5, 5.41) is 14.7. The van der Waals surface area contributed by atoms with Crippen LogP contribution >= 0.6 is 0 Å². The largest absolute Gasteiger partial charge is 0.448 e. The average molecular weight is 500 g/mol. The molecule has 9 heteroatoms. The van der Waals surface area contributed by atoms with Gasteiger partial charge in [0.2, 0.25) is 0 Å². The second-order valence-electron chi connectivity index (χ2n) is 8.79. The molecular formula is C28H25N3O6. The summed E-state index contributed by atoms with van der Waals surface area (Å²) in [7, 11) is 1.49. The Morgan fingerprint density at radius 1 is 1.00 bits per heavy atom. The molecule has 1 heterocycles. The fraction of sp³-hybridized carbons (Fsp3) is 0.179. The van der Waals surface area contributed by atoms with Crippen LogP contribution < -0.4 is 10.9 Å². The van der Waals surface area contributed by atoms with Crippen LogP contribution in [0.25, 0.3) is 21.9 Å². The van der Waals surface area contributed by atoms with Gasteiger partial charge in [0.05, 0.1) is 10.6 Å². The van der Waals surface area contributed by atoms with Crippen LogP contribution in [0.5, 0.6) is 0 Å². The van der Waals surface area contributed by atoms with E-state index in [1.54, 1.807) is 31.2 Å². The molecule has 0 saturated heterocycles. The number of ether oxygens (including phenoxy) is 1. The lowest BCUT2D eigenvalue weighted by molar-refractivity contribution is -0.384. The van der Waals surface area contributed by atoms with Crippen molar-refractivity contribution in [1.82, 2.24) is 4.57 Å². The smallest absolute Gasteiger partial charge is 0.356 e. The van der Waals surface area contributed by atoms with Crippen LogP contribution in [-0.2, 0) is 16.6 Å². The third-order valence-electron chi connectivity index (χ3n) is 6.18. The molecule has 4 aromatic rings. The Balaban J connectivity index is 1.71. The highest BCUT2D eigenvalue weighted by atomic mass is 16.6. The third kappa shape index (κ3) is 4.97. The number of non-ortho nitro benzene ring substituents is 1. The second-order valence-corrected chi connectivity index (χ2v) is 8.79. The number of nitrogens with one attached hydrogen (secondary N) is 1. The number of nitro groups is 1. The minimum Gasteiger partial charge on any atom is -0.448 e. The highest BCUT2D eigenvalue weighted by Gasteiger charge is 2.27. The molecule has 0 aliphatic heterocycles. The normalized spacial score (nSPS) is 11.7. The molecule has 0 aliphatic rings. The van der Waals surface area contributed by atoms with E-state index in [1.807, 2.05) is 31.2 Å². The van der Waals surface area contributed by atoms with Gasteiger partial charge in [0.15, 0.2) is 6.10 Å². The fourth-order valence-electron chi connectivity index (χ4n) is 4.08. The van der Waals surface area contributed by atoms with Gasteiger partial charge in [0.1, 0.15) is 5.69 Å². The molecule has 1 amide bonds. The Hall–Kier alpha value is -4.79. The number of carbonyl (C=O) groups excluding carboxylic acids is 2. The lowest BCUT2D eigenvalue weighted by Gasteiger charge is -2.19. The van der Waals surface area contributed by atoms with Gasteiger partial charge < -0.3 is 14.6 Å². The maximum atomic E-state index is 13.4. The first-order chi connectivity index (χ1) is 17.6. The predicted octanol–water partition coefficient (Wildman–Crippen LogP) is 4.91. The minimum absolute atomic E-state index is 0.0127. The molecule has 1 aromatic heterocycles. The van der Waals surface area contributed by atoms with E-state index in [0.717, 1.165) is 5.56 Å². The van der Waals surface area contributed by atoms with Crippen molar-refractivity contribution in [1.29, 1.82) is 0 Å². The highest BCUT2D eigenvalue weighted by molar-refractivity contribution is 6.07. The molecular weight excluding hydrogens is 474 g/mol. The highest BCUT2D eigenvalue weighted by Crippen LogP contribution is 2.31. The van der Waals surface area contributed by atoms with Gasteiger partial charge >= 0.3 is 5.97 Å². The zero-order chi connectivity index (χ0) is 26.9. The van der Waals surface area contributed by atoms with Gasteiger partial charge in [-0.3, -0.25) is 19.7 Å². The van der Waals surface area contributed by atoms with E-state index in [4.69, 9.17) is 4.74 Å². The number of hydrogen-bond acceptors (Lipinski definition) is 6. The number of pyridine rings is 1. The Morgan fingerprint density at radius 2 is 1.65 bits per heavy atom. The Morgan fingerprint density at radius 3 is 2.30 bits per heavy atom. The number of aromatic nitrogens is 1. The molecule has 0 aliphatic carbocycles. The maximum Gasteiger partial charge on any atom is 0.356 e. The number of aryl methyl sites for hydroxylation is 2. The summed E-state index contributed by atoms with van der Waals surface area (Å²) in [4.78, 5) is 49.9. The van der Waals surface area contributed by atoms with Gasteiger partial charge in [-0.2, -0.15) is 0 Å². The Labute approximate surface area is 212 Å². The van der Waals surface area contributed by atoms with E-state index in [9.17, 15) is 24.5 Å². The average Bonchev–Trinajstić information content (AvgIpc) is 2.87. The molecule has 1 N–H and O–H groups in total. The summed E-state index contributed by atoms with van der Waals surface area (Å²) in [5.41, 5.74) is 2.57. The van der Waals surface area contributed by atoms with Crippen LogP contribution in [0, 0.1) is 24.0 Å². The van der Waals surface area contributed by atoms with E-state index in [1.165, 1.54) is 36.7 Å². The van der Waals surface area contributed by atoms with Crippen molar-refractivity contribution in [3.05, 3.63) is 104 Å². The molecule has 4 rings (SSSR count). The van der Waals surface area contributed by atoms with Crippen molar-refractivity contribution >= 4 is 34.0 Å². The van der Waals surface area contributed by atoms with Crippen LogP contribution in [-0.4, -0.2) is 27.5 Å². The first kappa shape index (κ1) is 25.3. The van der Waals surface area contributed by atoms with Gasteiger partial charge in [-0.25, -0.2) is 4.79 Å². The standard InChI is InChI=1S/C28H25N3O6/c1-16-9-12-19(13-10-16)24-21-7-5-6-8-22(21)27(33)30(4)25(24)28(34)37-18(3)26(32)29-23-15-20(31(35)36)14-11-17(23)2/h5-15,18H,1-4H3,(H,29,32). The molecule has 0 bridgehead atoms. The van der Waals surface area contributed by atoms with Crippen LogP contribution in [0.15, 0.2) is 71.5 Å². The van der Waals surface area contributed by atoms with E-state index < -0.39 is 22.9 Å². The first-order valence-corrected chi connectivity index (χ1v) is 11.5. The molecule has 37 heavy (non-hydrogen) atoms. The summed E-state index contributed by atoms with van der Waals surface area (Å²) in [6.45, 7) is 5.03. The monoisotopic (exact) mass is 499 g/mol. The van der Waals surface area contributed by atoms with E-state index >= 15 is 0 Å². The van der Waals surface area contributed by atoms with Crippen molar-refractivity contribution in [3.63, 3.8) is 0 Å². The van der Waals surface area contributed by atoms with E-state index in [-0.39, 0.29) is 22.6 Å². The first-order valence-electron chi connectivity index (χ1n) is 11.5. The molecule has 0 saturated carbocycles. The Kier molecular flexibility index (Phi) is 6.88. The van der Waals surface area contributed by atoms with Gasteiger partial charge in [0.25, 0.3) is 17.2 Å². The summed E-state index contributed by atoms with van der Waals surface area (Å²) >= 11 is 0. The number of anilines is 1. The number of esters is 1. The Bertz CT molecular complexity index is 1610. The SMILES string of the molecule is Cc1ccc(-c2c(C(=O)OC(C)C(=O)Nc3cc([N+](=O)[O-])ccc3C)n(C)c(=O)c3ccccc23)cc1. The van der Waals surface area contributed by atoms with Crippen molar-refractivity contribution in [3.8, 4) is 11.1 Å². The fourth-order valence-corrected chi connectivity index (χ4v) is 4.08. The zero-order valence-corrected chi connectivity index (χ0v) is 20.8. The summed E-state index contributed by atoms with van der Waals surface area (Å²) in [6, 6.07) is 18.6. The number of rotatable bonds is 6. The second kappa shape index (κ2) is 10.1. The molecule has 1 unspecified atom stereocenters. The molecule has 1 atom stereocenters. The maximum absolute atomic E-state index is 13.4. The van der Waals surface area contributed by atoms with Crippen LogP contribution in [0.3, 0.4) is 0 Å². The molecule has 0 radical (unpaired) electrons. The summed E-state index contributed by atoms with van der Waals surface area (Å²) in [5.74, 6) is -1.51. The molecule has 0 spiro atoms. The lowest BCUT2D eigenvalue weighted by atomic mass is 9.96. The topological polar surface area (TPSA) is 121 Å². The van der Waals surface area contributed by atoms with Crippen LogP contribution in [0.4, 0.5) is 11.4 Å². The number of nitro benzene ring substituents is 1. The number of carbonyl (C=O) groups is 2. The predicted molar refractivity (Wildman–Crippen MR) is 141 cm³/mol. The number of hydrogen-bond donors (Lipinski definition) is 1. The van der Waals surface area contributed by atoms with Crippen LogP contribution in [0.2, 0.25) is 0 Å². The number of amides is 1. The number of fused-ring (bicyclic) bond motifs is 1. The molecule has 9 nitrogen and oxygen atoms in total. The van der Waals surface area contributed by atoms with E-state index in [0.29, 0.717) is 27.5 Å². The van der Waals surface area contributed by atoms with Gasteiger partial charge in [-0.15, -0.1) is 0 Å². The lowest BCUT2D eigenvalue weighted by Crippen LogP contribution is -2.33. The van der Waals surface area contributed by atoms with Crippen molar-refractivity contribution in [2.45, 2.75) is 26.9 Å². The van der Waals surface area contributed by atoms with Crippen molar-refractivity contribution in [2.24, 2.45) is 7.05 Å². The molecule has 0 fully saturated rings. The van der Waals surface area contributed by atoms with Crippen LogP contribution in [0.1, 0.15) is 28.5 Å². The zero-order valence-electron chi connectivity index (χ0n) is 20.8. The van der Waals surface area contributed by atoms with Gasteiger partial charge in [0, 0.05) is 30.1 Å². The third-order valence-corrected chi connectivity index (χ3v) is 6.18. The molecule has 188 valence electrons. The summed E-state index contributed by atoms with van der Waals surface area (Å²) < 4.78 is 6.75. The number of benzene rings is 3. The molecule has 3 aromatic carbocycles.